The molecule has 1 spiro atoms. The smallest absolute Gasteiger partial charge is 0.243 e. The number of carbonyl (C=O) groups is 1. The van der Waals surface area contributed by atoms with Crippen LogP contribution in [-0.4, -0.2) is 30.9 Å². The van der Waals surface area contributed by atoms with E-state index in [0.29, 0.717) is 23.4 Å². The van der Waals surface area contributed by atoms with Crippen molar-refractivity contribution in [1.82, 2.24) is 10.2 Å². The Kier molecular flexibility index (Phi) is 3.34. The van der Waals surface area contributed by atoms with Crippen molar-refractivity contribution < 1.29 is 4.79 Å². The summed E-state index contributed by atoms with van der Waals surface area (Å²) in [5.41, 5.74) is -0.208. The summed E-state index contributed by atoms with van der Waals surface area (Å²) in [4.78, 5) is 14.1. The summed E-state index contributed by atoms with van der Waals surface area (Å²) in [6.45, 7) is 1.55. The first kappa shape index (κ1) is 12.9. The molecule has 0 saturated carbocycles. The standard InChI is InChI=1S/C12H14N4OS/c1-16-4-2-12(3-5-16)8(6-13)10(17)15-11(18)9(12)7-14/h8,18H,2-5H2,1H3,(H,15,17)/t8-/m0/s1. The van der Waals surface area contributed by atoms with Gasteiger partial charge in [0.05, 0.1) is 22.7 Å². The lowest BCUT2D eigenvalue weighted by Gasteiger charge is -2.45. The van der Waals surface area contributed by atoms with Gasteiger partial charge in [-0.1, -0.05) is 0 Å². The Labute approximate surface area is 111 Å². The molecule has 0 unspecified atom stereocenters. The van der Waals surface area contributed by atoms with Gasteiger partial charge in [-0.15, -0.1) is 12.6 Å². The van der Waals surface area contributed by atoms with Gasteiger partial charge in [0.15, 0.2) is 0 Å². The monoisotopic (exact) mass is 262 g/mol. The highest BCUT2D eigenvalue weighted by molar-refractivity contribution is 7.84. The highest BCUT2D eigenvalue weighted by atomic mass is 32.1. The Morgan fingerprint density at radius 2 is 2.06 bits per heavy atom. The molecule has 1 atom stereocenters. The molecule has 1 saturated heterocycles. The van der Waals surface area contributed by atoms with E-state index in [0.717, 1.165) is 13.1 Å². The number of piperidine rings is 1. The molecule has 2 aliphatic rings. The summed E-state index contributed by atoms with van der Waals surface area (Å²) in [5.74, 6) is -1.14. The van der Waals surface area contributed by atoms with Gasteiger partial charge in [0.25, 0.3) is 0 Å². The molecule has 0 aromatic rings. The van der Waals surface area contributed by atoms with E-state index in [1.54, 1.807) is 0 Å². The number of nitrogens with zero attached hydrogens (tertiary/aromatic N) is 3. The maximum atomic E-state index is 11.9. The zero-order chi connectivity index (χ0) is 13.3. The molecular formula is C12H14N4OS. The SMILES string of the molecule is CN1CCC2(CC1)C(C#N)=C(S)NC(=O)[C@@H]2C#N. The van der Waals surface area contributed by atoms with Crippen LogP contribution < -0.4 is 5.32 Å². The number of carbonyl (C=O) groups excluding carboxylic acids is 1. The first-order chi connectivity index (χ1) is 8.55. The Morgan fingerprint density at radius 1 is 1.44 bits per heavy atom. The number of nitriles is 2. The molecule has 1 fully saturated rings. The normalized spacial score (nSPS) is 27.6. The second-order valence-electron chi connectivity index (χ2n) is 4.85. The van der Waals surface area contributed by atoms with E-state index in [-0.39, 0.29) is 5.91 Å². The molecule has 0 bridgehead atoms. The lowest BCUT2D eigenvalue weighted by Crippen LogP contribution is -2.51. The summed E-state index contributed by atoms with van der Waals surface area (Å²) in [6, 6.07) is 4.20. The van der Waals surface area contributed by atoms with Crippen LogP contribution in [0.25, 0.3) is 0 Å². The zero-order valence-electron chi connectivity index (χ0n) is 10.1. The number of amides is 1. The minimum atomic E-state index is -0.795. The molecule has 2 rings (SSSR count). The largest absolute Gasteiger partial charge is 0.319 e. The van der Waals surface area contributed by atoms with Crippen LogP contribution in [0.5, 0.6) is 0 Å². The predicted octanol–water partition coefficient (Wildman–Crippen LogP) is 0.633. The third-order valence-corrected chi connectivity index (χ3v) is 4.25. The number of likely N-dealkylation sites (tertiary alicyclic amines) is 1. The van der Waals surface area contributed by atoms with Gasteiger partial charge in [-0.05, 0) is 33.0 Å². The predicted molar refractivity (Wildman–Crippen MR) is 68.0 cm³/mol. The van der Waals surface area contributed by atoms with Crippen LogP contribution in [0.1, 0.15) is 12.8 Å². The highest BCUT2D eigenvalue weighted by Crippen LogP contribution is 2.48. The van der Waals surface area contributed by atoms with Crippen LogP contribution in [0.4, 0.5) is 0 Å². The number of thiol groups is 1. The maximum Gasteiger partial charge on any atom is 0.243 e. The van der Waals surface area contributed by atoms with Crippen molar-refractivity contribution in [3.63, 3.8) is 0 Å². The van der Waals surface area contributed by atoms with Crippen LogP contribution in [0.3, 0.4) is 0 Å². The molecule has 2 heterocycles. The first-order valence-electron chi connectivity index (χ1n) is 5.78. The van der Waals surface area contributed by atoms with Gasteiger partial charge >= 0.3 is 0 Å². The minimum Gasteiger partial charge on any atom is -0.319 e. The molecule has 0 aliphatic carbocycles. The lowest BCUT2D eigenvalue weighted by molar-refractivity contribution is -0.127. The van der Waals surface area contributed by atoms with Crippen LogP contribution >= 0.6 is 12.6 Å². The summed E-state index contributed by atoms with van der Waals surface area (Å²) in [6.07, 6.45) is 1.28. The molecule has 1 amide bonds. The van der Waals surface area contributed by atoms with E-state index in [1.807, 2.05) is 7.05 Å². The van der Waals surface area contributed by atoms with Crippen LogP contribution in [0.2, 0.25) is 0 Å². The van der Waals surface area contributed by atoms with Crippen molar-refractivity contribution in [2.75, 3.05) is 20.1 Å². The van der Waals surface area contributed by atoms with Gasteiger partial charge < -0.3 is 10.2 Å². The molecule has 2 aliphatic heterocycles. The van der Waals surface area contributed by atoms with Crippen molar-refractivity contribution in [3.05, 3.63) is 10.6 Å². The first-order valence-corrected chi connectivity index (χ1v) is 6.22. The number of nitrogens with one attached hydrogen (secondary N) is 1. The van der Waals surface area contributed by atoms with Crippen LogP contribution in [0.15, 0.2) is 10.6 Å². The zero-order valence-corrected chi connectivity index (χ0v) is 11.0. The number of hydrogen-bond acceptors (Lipinski definition) is 5. The van der Waals surface area contributed by atoms with Crippen molar-refractivity contribution in [3.8, 4) is 12.1 Å². The van der Waals surface area contributed by atoms with Gasteiger partial charge in [-0.25, -0.2) is 0 Å². The fourth-order valence-electron chi connectivity index (χ4n) is 2.79. The number of hydrogen-bond donors (Lipinski definition) is 2. The number of rotatable bonds is 0. The van der Waals surface area contributed by atoms with Crippen molar-refractivity contribution in [2.45, 2.75) is 12.8 Å². The van der Waals surface area contributed by atoms with E-state index < -0.39 is 11.3 Å². The fourth-order valence-corrected chi connectivity index (χ4v) is 3.17. The summed E-state index contributed by atoms with van der Waals surface area (Å²) in [7, 11) is 1.99. The third-order valence-electron chi connectivity index (χ3n) is 3.91. The number of allylic oxidation sites excluding steroid dienone is 1. The molecule has 0 aromatic carbocycles. The minimum absolute atomic E-state index is 0.304. The van der Waals surface area contributed by atoms with Crippen molar-refractivity contribution >= 4 is 18.5 Å². The molecule has 1 N–H and O–H groups in total. The third kappa shape index (κ3) is 1.78. The topological polar surface area (TPSA) is 79.9 Å². The Balaban J connectivity index is 2.51. The average Bonchev–Trinajstić information content (AvgIpc) is 2.33. The van der Waals surface area contributed by atoms with E-state index >= 15 is 0 Å². The quantitative estimate of drug-likeness (QED) is 0.628. The van der Waals surface area contributed by atoms with Crippen molar-refractivity contribution in [1.29, 1.82) is 10.5 Å². The molecule has 18 heavy (non-hydrogen) atoms. The second-order valence-corrected chi connectivity index (χ2v) is 5.29. The lowest BCUT2D eigenvalue weighted by atomic mass is 9.63. The van der Waals surface area contributed by atoms with E-state index in [9.17, 15) is 15.3 Å². The fraction of sp³-hybridized carbons (Fsp3) is 0.583. The van der Waals surface area contributed by atoms with Crippen LogP contribution in [0, 0.1) is 34.0 Å². The molecule has 0 radical (unpaired) electrons. The molecule has 6 heteroatoms. The Bertz CT molecular complexity index is 491. The van der Waals surface area contributed by atoms with Gasteiger partial charge in [-0.3, -0.25) is 4.79 Å². The summed E-state index contributed by atoms with van der Waals surface area (Å²) < 4.78 is 0. The van der Waals surface area contributed by atoms with E-state index in [1.165, 1.54) is 0 Å². The van der Waals surface area contributed by atoms with Crippen molar-refractivity contribution in [2.24, 2.45) is 11.3 Å². The summed E-state index contributed by atoms with van der Waals surface area (Å²) >= 11 is 4.18. The van der Waals surface area contributed by atoms with Gasteiger partial charge in [0.2, 0.25) is 5.91 Å². The highest BCUT2D eigenvalue weighted by Gasteiger charge is 2.51. The average molecular weight is 262 g/mol. The van der Waals surface area contributed by atoms with Gasteiger partial charge in [0, 0.05) is 5.41 Å². The Hall–Kier alpha value is -1.50. The van der Waals surface area contributed by atoms with E-state index in [2.05, 4.69) is 35.0 Å². The second kappa shape index (κ2) is 4.64. The molecule has 94 valence electrons. The molecule has 0 aromatic heterocycles. The molecule has 5 nitrogen and oxygen atoms in total. The van der Waals surface area contributed by atoms with Crippen LogP contribution in [-0.2, 0) is 4.79 Å². The summed E-state index contributed by atoms with van der Waals surface area (Å²) in [5, 5.41) is 21.4. The maximum absolute atomic E-state index is 11.9. The van der Waals surface area contributed by atoms with Gasteiger partial charge in [-0.2, -0.15) is 10.5 Å². The Morgan fingerprint density at radius 3 is 2.56 bits per heavy atom. The van der Waals surface area contributed by atoms with E-state index in [4.69, 9.17) is 0 Å². The van der Waals surface area contributed by atoms with Gasteiger partial charge in [0.1, 0.15) is 5.92 Å². The molecular weight excluding hydrogens is 248 g/mol.